The van der Waals surface area contributed by atoms with Gasteiger partial charge in [0.05, 0.1) is 22.4 Å². The summed E-state index contributed by atoms with van der Waals surface area (Å²) in [4.78, 5) is 10.1. The van der Waals surface area contributed by atoms with E-state index < -0.39 is 0 Å². The number of hydrogen-bond donors (Lipinski definition) is 0. The molecule has 1 aliphatic heterocycles. The first-order valence-corrected chi connectivity index (χ1v) is 27.0. The van der Waals surface area contributed by atoms with Crippen LogP contribution in [-0.2, 0) is 32.5 Å². The molecule has 7 aromatic carbocycles. The number of aromatic nitrogens is 2. The van der Waals surface area contributed by atoms with E-state index in [0.717, 1.165) is 39.4 Å². The molecule has 3 heterocycles. The van der Waals surface area contributed by atoms with Crippen LogP contribution in [0.1, 0.15) is 155 Å². The molecule has 0 saturated heterocycles. The number of benzene rings is 7. The van der Waals surface area contributed by atoms with Crippen LogP contribution in [0, 0.1) is 0 Å². The van der Waals surface area contributed by atoms with Gasteiger partial charge in [0.1, 0.15) is 24.0 Å². The van der Waals surface area contributed by atoms with E-state index in [0.29, 0.717) is 6.67 Å². The first-order chi connectivity index (χ1) is 35.2. The van der Waals surface area contributed by atoms with E-state index in [1.54, 1.807) is 0 Å². The highest BCUT2D eigenvalue weighted by Crippen LogP contribution is 2.52. The molecule has 5 nitrogen and oxygen atoms in total. The minimum atomic E-state index is -0.358. The fourth-order valence-corrected chi connectivity index (χ4v) is 11.2. The monoisotopic (exact) mass is 991 g/mol. The van der Waals surface area contributed by atoms with Gasteiger partial charge in [0.2, 0.25) is 0 Å². The maximum absolute atomic E-state index is 7.24. The van der Waals surface area contributed by atoms with Gasteiger partial charge >= 0.3 is 0 Å². The van der Waals surface area contributed by atoms with Crippen LogP contribution in [0.3, 0.4) is 0 Å². The molecule has 9 aromatic rings. The Balaban J connectivity index is 1.17. The number of nitrogens with zero attached hydrogens (tertiary/aromatic N) is 4. The minimum absolute atomic E-state index is 0.0320. The normalized spacial score (nSPS) is 13.8. The molecule has 384 valence electrons. The number of ether oxygens (including phenoxy) is 1. The summed E-state index contributed by atoms with van der Waals surface area (Å²) < 4.78 is 9.53. The van der Waals surface area contributed by atoms with Crippen molar-refractivity contribution in [3.05, 3.63) is 214 Å². The molecule has 0 unspecified atom stereocenters. The number of anilines is 4. The molecule has 0 bridgehead atoms. The molecule has 1 aliphatic rings. The highest BCUT2D eigenvalue weighted by atomic mass is 16.5. The zero-order valence-corrected chi connectivity index (χ0v) is 47.6. The van der Waals surface area contributed by atoms with Crippen molar-refractivity contribution in [1.29, 1.82) is 0 Å². The van der Waals surface area contributed by atoms with Crippen LogP contribution in [0.5, 0.6) is 11.5 Å². The molecule has 10 rings (SSSR count). The Hall–Kier alpha value is -7.11. The molecule has 0 fully saturated rings. The summed E-state index contributed by atoms with van der Waals surface area (Å²) in [5.41, 5.74) is 16.2. The van der Waals surface area contributed by atoms with E-state index in [9.17, 15) is 0 Å². The van der Waals surface area contributed by atoms with Gasteiger partial charge in [0.25, 0.3) is 0 Å². The Morgan fingerprint density at radius 2 is 0.867 bits per heavy atom. The predicted octanol–water partition coefficient (Wildman–Crippen LogP) is 19.1. The van der Waals surface area contributed by atoms with Gasteiger partial charge in [-0.2, -0.15) is 0 Å². The van der Waals surface area contributed by atoms with Crippen molar-refractivity contribution >= 4 is 44.6 Å². The molecule has 5 heteroatoms. The fourth-order valence-electron chi connectivity index (χ4n) is 11.2. The average Bonchev–Trinajstić information content (AvgIpc) is 3.91. The zero-order valence-electron chi connectivity index (χ0n) is 47.6. The Morgan fingerprint density at radius 1 is 0.373 bits per heavy atom. The molecule has 0 atom stereocenters. The first-order valence-electron chi connectivity index (χ1n) is 27.0. The van der Waals surface area contributed by atoms with E-state index in [1.807, 2.05) is 6.20 Å². The molecule has 0 amide bonds. The van der Waals surface area contributed by atoms with Crippen molar-refractivity contribution in [2.75, 3.05) is 16.5 Å². The maximum atomic E-state index is 7.24. The third-order valence-electron chi connectivity index (χ3n) is 16.0. The second-order valence-electron chi connectivity index (χ2n) is 26.4. The third kappa shape index (κ3) is 9.64. The van der Waals surface area contributed by atoms with E-state index in [-0.39, 0.29) is 32.5 Å². The molecule has 2 aromatic heterocycles. The van der Waals surface area contributed by atoms with Crippen LogP contribution < -0.4 is 14.5 Å². The summed E-state index contributed by atoms with van der Waals surface area (Å²) in [5.74, 6) is 2.44. The lowest BCUT2D eigenvalue weighted by molar-refractivity contribution is 0.480. The minimum Gasteiger partial charge on any atom is -0.457 e. The second kappa shape index (κ2) is 18.3. The van der Waals surface area contributed by atoms with E-state index in [4.69, 9.17) is 9.72 Å². The number of hydrogen-bond acceptors (Lipinski definition) is 4. The van der Waals surface area contributed by atoms with Gasteiger partial charge in [-0.3, -0.25) is 4.57 Å². The van der Waals surface area contributed by atoms with Gasteiger partial charge in [-0.1, -0.05) is 196 Å². The highest BCUT2D eigenvalue weighted by Gasteiger charge is 2.37. The predicted molar refractivity (Wildman–Crippen MR) is 319 cm³/mol. The van der Waals surface area contributed by atoms with Crippen LogP contribution in [0.15, 0.2) is 170 Å². The standard InChI is InChI=1S/C70H78N4O/c1-65(2,3)48-33-34-71-64(40-48)74-60-30-24-23-29-56(60)57-32-31-54(42-61(57)74)75-55-39-51(70(15,16)47-27-21-18-22-28-47)38-53(41-55)73-45-72(62-43-58(67(7,8)9)59(44-63(62)73)68(10,11)12)52-36-49(66(4,5)6)35-50(37-52)69(13,14)46-25-19-17-20-26-46/h17-44H,45H2,1-16H3. The largest absolute Gasteiger partial charge is 0.457 e. The quantitative estimate of drug-likeness (QED) is 0.144. The Bertz CT molecular complexity index is 3590. The summed E-state index contributed by atoms with van der Waals surface area (Å²) in [5, 5.41) is 2.34. The molecule has 0 aliphatic carbocycles. The van der Waals surface area contributed by atoms with Gasteiger partial charge in [-0.05, 0) is 133 Å². The van der Waals surface area contributed by atoms with Crippen LogP contribution in [0.2, 0.25) is 0 Å². The van der Waals surface area contributed by atoms with Gasteiger partial charge in [-0.15, -0.1) is 0 Å². The van der Waals surface area contributed by atoms with Crippen LogP contribution in [0.4, 0.5) is 22.7 Å². The average molecular weight is 991 g/mol. The summed E-state index contributed by atoms with van der Waals surface area (Å²) in [6.45, 7) is 37.9. The molecule has 75 heavy (non-hydrogen) atoms. The number of fused-ring (bicyclic) bond motifs is 4. The molecular weight excluding hydrogens is 913 g/mol. The van der Waals surface area contributed by atoms with Gasteiger partial charge in [0, 0.05) is 51.3 Å². The summed E-state index contributed by atoms with van der Waals surface area (Å²) in [6, 6.07) is 60.7. The maximum Gasteiger partial charge on any atom is 0.137 e. The van der Waals surface area contributed by atoms with Crippen molar-refractivity contribution in [1.82, 2.24) is 9.55 Å². The number of pyridine rings is 1. The molecule has 0 N–H and O–H groups in total. The topological polar surface area (TPSA) is 33.5 Å². The molecule has 0 spiro atoms. The molecule has 0 radical (unpaired) electrons. The lowest BCUT2D eigenvalue weighted by Crippen LogP contribution is -2.27. The van der Waals surface area contributed by atoms with E-state index in [1.165, 1.54) is 67.0 Å². The van der Waals surface area contributed by atoms with Crippen LogP contribution in [-0.4, -0.2) is 16.2 Å². The molecular formula is C70H78N4O. The first kappa shape index (κ1) is 51.4. The van der Waals surface area contributed by atoms with Gasteiger partial charge in [-0.25, -0.2) is 4.98 Å². The fraction of sp³-hybridized carbons (Fsp3) is 0.329. The number of para-hydroxylation sites is 1. The summed E-state index contributed by atoms with van der Waals surface area (Å²) >= 11 is 0. The summed E-state index contributed by atoms with van der Waals surface area (Å²) in [7, 11) is 0. The Labute approximate surface area is 448 Å². The molecule has 0 saturated carbocycles. The second-order valence-corrected chi connectivity index (χ2v) is 26.4. The van der Waals surface area contributed by atoms with Gasteiger partial charge < -0.3 is 14.5 Å². The van der Waals surface area contributed by atoms with Crippen molar-refractivity contribution in [2.24, 2.45) is 0 Å². The lowest BCUT2D eigenvalue weighted by atomic mass is 9.74. The van der Waals surface area contributed by atoms with Crippen molar-refractivity contribution in [3.63, 3.8) is 0 Å². The van der Waals surface area contributed by atoms with E-state index >= 15 is 0 Å². The third-order valence-corrected chi connectivity index (χ3v) is 16.0. The van der Waals surface area contributed by atoms with Crippen LogP contribution >= 0.6 is 0 Å². The lowest BCUT2D eigenvalue weighted by Gasteiger charge is -2.33. The van der Waals surface area contributed by atoms with Crippen LogP contribution in [0.25, 0.3) is 27.6 Å². The van der Waals surface area contributed by atoms with Crippen molar-refractivity contribution < 1.29 is 4.74 Å². The van der Waals surface area contributed by atoms with E-state index in [2.05, 4.69) is 289 Å². The Morgan fingerprint density at radius 3 is 1.41 bits per heavy atom. The Kier molecular flexibility index (Phi) is 12.6. The number of rotatable bonds is 9. The SMILES string of the molecule is CC(C)(C)c1cc(N2CN(c3cc(Oc4ccc5c6ccccc6n(-c6cc(C(C)(C)C)ccn6)c5c4)cc(C(C)(C)c4ccccc4)c3)c3cc(C(C)(C)C)c(C(C)(C)C)cc32)cc(C(C)(C)c2ccccc2)c1. The highest BCUT2D eigenvalue weighted by molar-refractivity contribution is 6.09. The van der Waals surface area contributed by atoms with Crippen molar-refractivity contribution in [3.8, 4) is 17.3 Å². The van der Waals surface area contributed by atoms with Crippen molar-refractivity contribution in [2.45, 2.75) is 143 Å². The smallest absolute Gasteiger partial charge is 0.137 e. The summed E-state index contributed by atoms with van der Waals surface area (Å²) in [6.07, 6.45) is 1.94. The van der Waals surface area contributed by atoms with Gasteiger partial charge in [0.15, 0.2) is 0 Å². The zero-order chi connectivity index (χ0) is 53.6.